The van der Waals surface area contributed by atoms with Crippen molar-refractivity contribution in [2.75, 3.05) is 26.2 Å². The number of amides is 2. The summed E-state index contributed by atoms with van der Waals surface area (Å²) in [4.78, 5) is 28.0. The third-order valence-electron chi connectivity index (χ3n) is 5.47. The van der Waals surface area contributed by atoms with Crippen LogP contribution in [0.3, 0.4) is 0 Å². The summed E-state index contributed by atoms with van der Waals surface area (Å²) in [5.74, 6) is 2.76. The monoisotopic (exact) mass is 404 g/mol. The minimum absolute atomic E-state index is 0.0591. The summed E-state index contributed by atoms with van der Waals surface area (Å²) in [5, 5.41) is 8.18. The highest BCUT2D eigenvalue weighted by Crippen LogP contribution is 2.37. The van der Waals surface area contributed by atoms with Gasteiger partial charge in [0.15, 0.2) is 5.66 Å². The maximum atomic E-state index is 12.5. The summed E-state index contributed by atoms with van der Waals surface area (Å²) in [7, 11) is 0. The van der Waals surface area contributed by atoms with E-state index < -0.39 is 11.3 Å². The highest BCUT2D eigenvalue weighted by atomic mass is 16.6. The maximum absolute atomic E-state index is 12.5. The van der Waals surface area contributed by atoms with Crippen LogP contribution in [0.25, 0.3) is 0 Å². The number of nitrogens with zero attached hydrogens (tertiary/aromatic N) is 4. The summed E-state index contributed by atoms with van der Waals surface area (Å²) in [5.41, 5.74) is -0.876. The summed E-state index contributed by atoms with van der Waals surface area (Å²) in [6.45, 7) is 8.13. The van der Waals surface area contributed by atoms with Crippen molar-refractivity contribution in [3.63, 3.8) is 0 Å². The first-order chi connectivity index (χ1) is 13.7. The molecule has 0 atom stereocenters. The molecule has 0 aromatic rings. The first-order valence-corrected chi connectivity index (χ1v) is 10.5. The van der Waals surface area contributed by atoms with E-state index in [4.69, 9.17) is 15.9 Å². The third-order valence-corrected chi connectivity index (χ3v) is 5.47. The van der Waals surface area contributed by atoms with Gasteiger partial charge in [-0.1, -0.05) is 0 Å². The number of ether oxygens (including phenoxy) is 2. The van der Waals surface area contributed by atoms with Crippen molar-refractivity contribution in [2.45, 2.75) is 82.8 Å². The Labute approximate surface area is 173 Å². The molecule has 0 aliphatic carbocycles. The van der Waals surface area contributed by atoms with Gasteiger partial charge >= 0.3 is 6.09 Å². The molecule has 3 aliphatic heterocycles. The second-order valence-corrected chi connectivity index (χ2v) is 9.11. The van der Waals surface area contributed by atoms with Gasteiger partial charge in [-0.2, -0.15) is 10.2 Å². The van der Waals surface area contributed by atoms with E-state index in [-0.39, 0.29) is 24.2 Å². The van der Waals surface area contributed by atoms with Crippen LogP contribution in [0.2, 0.25) is 0 Å². The second kappa shape index (κ2) is 8.70. The molecule has 8 heteroatoms. The molecule has 0 aromatic heterocycles. The lowest BCUT2D eigenvalue weighted by molar-refractivity contribution is -0.138. The summed E-state index contributed by atoms with van der Waals surface area (Å²) in [6.07, 6.45) is 9.33. The lowest BCUT2D eigenvalue weighted by Crippen LogP contribution is -2.57. The molecule has 0 N–H and O–H groups in total. The molecule has 0 bridgehead atoms. The Kier molecular flexibility index (Phi) is 6.47. The molecule has 0 unspecified atom stereocenters. The smallest absolute Gasteiger partial charge is 0.410 e. The number of hydrogen-bond donors (Lipinski definition) is 0. The van der Waals surface area contributed by atoms with Crippen LogP contribution in [0.1, 0.15) is 59.3 Å². The molecule has 29 heavy (non-hydrogen) atoms. The van der Waals surface area contributed by atoms with E-state index in [2.05, 4.69) is 16.1 Å². The van der Waals surface area contributed by atoms with Gasteiger partial charge in [0, 0.05) is 38.8 Å². The van der Waals surface area contributed by atoms with E-state index in [1.165, 1.54) is 0 Å². The molecule has 2 saturated heterocycles. The zero-order valence-corrected chi connectivity index (χ0v) is 17.7. The minimum Gasteiger partial charge on any atom is -0.444 e. The first kappa shape index (κ1) is 21.6. The number of terminal acetylenes is 1. The molecule has 2 fully saturated rings. The molecule has 0 saturated carbocycles. The molecular weight excluding hydrogens is 372 g/mol. The van der Waals surface area contributed by atoms with E-state index in [0.29, 0.717) is 45.4 Å². The predicted molar refractivity (Wildman–Crippen MR) is 107 cm³/mol. The molecule has 3 aliphatic rings. The van der Waals surface area contributed by atoms with E-state index >= 15 is 0 Å². The molecule has 0 spiro atoms. The Morgan fingerprint density at radius 3 is 2.31 bits per heavy atom. The molecule has 3 heterocycles. The van der Waals surface area contributed by atoms with Crippen LogP contribution in [0.15, 0.2) is 10.2 Å². The number of carbonyl (C=O) groups is 2. The van der Waals surface area contributed by atoms with Crippen LogP contribution in [0, 0.1) is 12.3 Å². The van der Waals surface area contributed by atoms with Gasteiger partial charge in [0.2, 0.25) is 5.91 Å². The van der Waals surface area contributed by atoms with Crippen molar-refractivity contribution in [1.29, 1.82) is 0 Å². The third kappa shape index (κ3) is 6.17. The van der Waals surface area contributed by atoms with Crippen LogP contribution in [-0.4, -0.2) is 71.5 Å². The van der Waals surface area contributed by atoms with Gasteiger partial charge in [0.05, 0.1) is 25.3 Å². The largest absolute Gasteiger partial charge is 0.444 e. The van der Waals surface area contributed by atoms with Crippen LogP contribution in [0.4, 0.5) is 4.79 Å². The van der Waals surface area contributed by atoms with Gasteiger partial charge in [-0.15, -0.1) is 12.3 Å². The fraction of sp³-hybridized carbons (Fsp3) is 0.810. The summed E-state index contributed by atoms with van der Waals surface area (Å²) in [6, 6.07) is 0. The average Bonchev–Trinajstić information content (AvgIpc) is 3.40. The number of rotatable bonds is 7. The summed E-state index contributed by atoms with van der Waals surface area (Å²) < 4.78 is 11.5. The molecule has 8 nitrogen and oxygen atoms in total. The van der Waals surface area contributed by atoms with Gasteiger partial charge in [0.1, 0.15) is 5.60 Å². The van der Waals surface area contributed by atoms with Gasteiger partial charge in [-0.05, 0) is 33.6 Å². The van der Waals surface area contributed by atoms with Gasteiger partial charge in [-0.25, -0.2) is 4.79 Å². The second-order valence-electron chi connectivity index (χ2n) is 9.11. The average molecular weight is 405 g/mol. The van der Waals surface area contributed by atoms with Crippen molar-refractivity contribution in [2.24, 2.45) is 10.2 Å². The molecule has 2 amide bonds. The SMILES string of the molecule is C#CCCC1(CCC(=O)N2CCC(OC3CN(C(=O)OC(C)(C)C)C3)CC2)N=N1. The fourth-order valence-corrected chi connectivity index (χ4v) is 3.65. The van der Waals surface area contributed by atoms with Crippen molar-refractivity contribution in [1.82, 2.24) is 9.80 Å². The van der Waals surface area contributed by atoms with Crippen molar-refractivity contribution in [3.8, 4) is 12.3 Å². The highest BCUT2D eigenvalue weighted by molar-refractivity contribution is 5.76. The lowest BCUT2D eigenvalue weighted by Gasteiger charge is -2.42. The van der Waals surface area contributed by atoms with Crippen molar-refractivity contribution < 1.29 is 19.1 Å². The van der Waals surface area contributed by atoms with Crippen molar-refractivity contribution >= 4 is 12.0 Å². The van der Waals surface area contributed by atoms with Crippen LogP contribution < -0.4 is 0 Å². The van der Waals surface area contributed by atoms with E-state index in [9.17, 15) is 9.59 Å². The van der Waals surface area contributed by atoms with Crippen LogP contribution in [0.5, 0.6) is 0 Å². The topological polar surface area (TPSA) is 83.8 Å². The van der Waals surface area contributed by atoms with E-state index in [0.717, 1.165) is 19.3 Å². The Morgan fingerprint density at radius 2 is 1.76 bits per heavy atom. The quantitative estimate of drug-likeness (QED) is 0.611. The molecule has 160 valence electrons. The molecule has 0 radical (unpaired) electrons. The predicted octanol–water partition coefficient (Wildman–Crippen LogP) is 2.97. The number of piperidine rings is 1. The fourth-order valence-electron chi connectivity index (χ4n) is 3.65. The Hall–Kier alpha value is -2.14. The number of carbonyl (C=O) groups excluding carboxylic acids is 2. The number of hydrogen-bond acceptors (Lipinski definition) is 6. The van der Waals surface area contributed by atoms with E-state index in [1.807, 2.05) is 25.7 Å². The van der Waals surface area contributed by atoms with E-state index in [1.54, 1.807) is 4.90 Å². The lowest BCUT2D eigenvalue weighted by atomic mass is 10.0. The molecule has 3 rings (SSSR count). The maximum Gasteiger partial charge on any atom is 0.410 e. The van der Waals surface area contributed by atoms with Gasteiger partial charge in [0.25, 0.3) is 0 Å². The first-order valence-electron chi connectivity index (χ1n) is 10.5. The highest BCUT2D eigenvalue weighted by Gasteiger charge is 2.40. The Morgan fingerprint density at radius 1 is 1.10 bits per heavy atom. The zero-order valence-electron chi connectivity index (χ0n) is 17.7. The Bertz CT molecular complexity index is 674. The van der Waals surface area contributed by atoms with Crippen LogP contribution in [-0.2, 0) is 14.3 Å². The zero-order chi connectivity index (χ0) is 21.1. The van der Waals surface area contributed by atoms with Gasteiger partial charge in [-0.3, -0.25) is 4.79 Å². The molecular formula is C21H32N4O4. The van der Waals surface area contributed by atoms with Crippen LogP contribution >= 0.6 is 0 Å². The normalized spacial score (nSPS) is 21.4. The Balaban J connectivity index is 1.30. The van der Waals surface area contributed by atoms with Gasteiger partial charge < -0.3 is 19.3 Å². The molecule has 0 aromatic carbocycles. The summed E-state index contributed by atoms with van der Waals surface area (Å²) >= 11 is 0. The number of likely N-dealkylation sites (tertiary alicyclic amines) is 2. The van der Waals surface area contributed by atoms with Crippen molar-refractivity contribution in [3.05, 3.63) is 0 Å². The standard InChI is InChI=1S/C21H32N4O4/c1-5-6-10-21(22-23-21)11-7-18(26)24-12-8-16(9-13-24)28-17-14-25(15-17)19(27)29-20(2,3)4/h1,16-17H,6-15H2,2-4H3. The minimum atomic E-state index is -0.481.